The molecule has 0 spiro atoms. The Hall–Kier alpha value is -2.54. The van der Waals surface area contributed by atoms with Crippen LogP contribution in [0, 0.1) is 0 Å². The summed E-state index contributed by atoms with van der Waals surface area (Å²) in [5, 5.41) is 0. The second-order valence-electron chi connectivity index (χ2n) is 6.66. The minimum atomic E-state index is -0.377. The fourth-order valence-corrected chi connectivity index (χ4v) is 3.10. The van der Waals surface area contributed by atoms with Crippen molar-refractivity contribution in [1.82, 2.24) is 15.2 Å². The smallest absolute Gasteiger partial charge is 0.265 e. The van der Waals surface area contributed by atoms with Crippen LogP contribution in [0.4, 0.5) is 0 Å². The lowest BCUT2D eigenvalue weighted by Crippen LogP contribution is -2.43. The zero-order valence-electron chi connectivity index (χ0n) is 14.9. The topological polar surface area (TPSA) is 78.7 Å². The molecule has 26 heavy (non-hydrogen) atoms. The van der Waals surface area contributed by atoms with E-state index in [1.54, 1.807) is 24.3 Å². The molecular weight excluding hydrogens is 328 g/mol. The molecule has 0 atom stereocenters. The number of nitrogens with two attached hydrogens (primary N) is 1. The number of piperazine rings is 1. The average molecular weight is 352 g/mol. The number of nitrogen functional groups attached to an aromatic ring is 1. The molecule has 0 unspecified atom stereocenters. The number of ketones is 1. The number of hydrogen-bond donors (Lipinski definition) is 2. The maximum atomic E-state index is 12.7. The van der Waals surface area contributed by atoms with Crippen LogP contribution in [-0.4, -0.2) is 54.7 Å². The van der Waals surface area contributed by atoms with Crippen molar-refractivity contribution in [2.24, 2.45) is 5.84 Å². The minimum absolute atomic E-state index is 0.0510. The number of hydrazine groups is 1. The molecule has 2 aromatic rings. The van der Waals surface area contributed by atoms with E-state index in [-0.39, 0.29) is 11.7 Å². The van der Waals surface area contributed by atoms with Gasteiger partial charge in [0, 0.05) is 49.4 Å². The van der Waals surface area contributed by atoms with Crippen LogP contribution in [0.25, 0.3) is 0 Å². The van der Waals surface area contributed by atoms with Gasteiger partial charge in [0.2, 0.25) is 0 Å². The molecule has 1 fully saturated rings. The van der Waals surface area contributed by atoms with Gasteiger partial charge in [0.15, 0.2) is 5.78 Å². The van der Waals surface area contributed by atoms with E-state index in [2.05, 4.69) is 28.3 Å². The van der Waals surface area contributed by atoms with Crippen molar-refractivity contribution in [1.29, 1.82) is 0 Å². The number of benzene rings is 2. The lowest BCUT2D eigenvalue weighted by Gasteiger charge is -2.32. The van der Waals surface area contributed by atoms with Crippen LogP contribution in [0.5, 0.6) is 0 Å². The normalized spacial score (nSPS) is 15.6. The van der Waals surface area contributed by atoms with Crippen molar-refractivity contribution >= 4 is 11.7 Å². The Kier molecular flexibility index (Phi) is 5.78. The van der Waals surface area contributed by atoms with Crippen LogP contribution in [0.3, 0.4) is 0 Å². The largest absolute Gasteiger partial charge is 0.304 e. The Morgan fingerprint density at radius 1 is 0.962 bits per heavy atom. The van der Waals surface area contributed by atoms with Crippen LogP contribution in [0.1, 0.15) is 31.8 Å². The van der Waals surface area contributed by atoms with Gasteiger partial charge in [-0.15, -0.1) is 0 Å². The molecule has 0 bridgehead atoms. The van der Waals surface area contributed by atoms with Crippen LogP contribution in [0.2, 0.25) is 0 Å². The Morgan fingerprint density at radius 3 is 2.27 bits per heavy atom. The number of rotatable bonds is 5. The molecule has 1 amide bonds. The lowest BCUT2D eigenvalue weighted by molar-refractivity contribution is 0.0952. The fraction of sp³-hybridized carbons (Fsp3) is 0.300. The van der Waals surface area contributed by atoms with E-state index in [0.717, 1.165) is 38.3 Å². The number of likely N-dealkylation sites (N-methyl/N-ethyl adjacent to an activating group) is 1. The van der Waals surface area contributed by atoms with Crippen LogP contribution < -0.4 is 11.3 Å². The molecule has 1 aliphatic heterocycles. The number of hydrogen-bond acceptors (Lipinski definition) is 5. The van der Waals surface area contributed by atoms with E-state index >= 15 is 0 Å². The second-order valence-corrected chi connectivity index (χ2v) is 6.66. The Bertz CT molecular complexity index is 781. The summed E-state index contributed by atoms with van der Waals surface area (Å²) < 4.78 is 0. The Morgan fingerprint density at radius 2 is 1.62 bits per heavy atom. The van der Waals surface area contributed by atoms with Crippen molar-refractivity contribution in [3.63, 3.8) is 0 Å². The first-order chi connectivity index (χ1) is 12.6. The van der Waals surface area contributed by atoms with Crippen LogP contribution in [-0.2, 0) is 6.54 Å². The van der Waals surface area contributed by atoms with Gasteiger partial charge in [-0.1, -0.05) is 30.3 Å². The highest BCUT2D eigenvalue weighted by atomic mass is 16.2. The van der Waals surface area contributed by atoms with Gasteiger partial charge in [0.05, 0.1) is 0 Å². The molecule has 0 aromatic heterocycles. The van der Waals surface area contributed by atoms with Crippen molar-refractivity contribution in [3.05, 3.63) is 70.8 Å². The van der Waals surface area contributed by atoms with Gasteiger partial charge in [0.25, 0.3) is 5.91 Å². The third kappa shape index (κ3) is 4.35. The first kappa shape index (κ1) is 18.3. The fourth-order valence-electron chi connectivity index (χ4n) is 3.10. The average Bonchev–Trinajstić information content (AvgIpc) is 2.69. The van der Waals surface area contributed by atoms with Gasteiger partial charge in [-0.05, 0) is 30.8 Å². The first-order valence-corrected chi connectivity index (χ1v) is 8.72. The van der Waals surface area contributed by atoms with Gasteiger partial charge in [-0.25, -0.2) is 5.84 Å². The number of nitrogens with one attached hydrogen (secondary N) is 1. The SMILES string of the molecule is CN1CCN(Cc2cccc(C(=O)c3ccc(C(=O)NN)cc3)c2)CC1. The minimum Gasteiger partial charge on any atom is -0.304 e. The predicted octanol–water partition coefficient (Wildman–Crippen LogP) is 1.27. The highest BCUT2D eigenvalue weighted by Crippen LogP contribution is 2.15. The van der Waals surface area contributed by atoms with Gasteiger partial charge < -0.3 is 4.90 Å². The molecule has 1 heterocycles. The molecule has 0 radical (unpaired) electrons. The molecular formula is C20H24N4O2. The van der Waals surface area contributed by atoms with E-state index in [1.165, 1.54) is 0 Å². The first-order valence-electron chi connectivity index (χ1n) is 8.72. The lowest BCUT2D eigenvalue weighted by atomic mass is 10.00. The van der Waals surface area contributed by atoms with E-state index in [9.17, 15) is 9.59 Å². The summed E-state index contributed by atoms with van der Waals surface area (Å²) in [5.74, 6) is 4.69. The Balaban J connectivity index is 1.70. The van der Waals surface area contributed by atoms with Gasteiger partial charge in [0.1, 0.15) is 0 Å². The number of carbonyl (C=O) groups excluding carboxylic acids is 2. The third-order valence-corrected chi connectivity index (χ3v) is 4.73. The van der Waals surface area contributed by atoms with Crippen molar-refractivity contribution < 1.29 is 9.59 Å². The molecule has 136 valence electrons. The van der Waals surface area contributed by atoms with Crippen LogP contribution in [0.15, 0.2) is 48.5 Å². The summed E-state index contributed by atoms with van der Waals surface area (Å²) in [6, 6.07) is 14.3. The molecule has 3 N–H and O–H groups in total. The second kappa shape index (κ2) is 8.23. The number of nitrogens with zero attached hydrogens (tertiary/aromatic N) is 2. The highest BCUT2D eigenvalue weighted by molar-refractivity contribution is 6.09. The Labute approximate surface area is 153 Å². The van der Waals surface area contributed by atoms with Crippen molar-refractivity contribution in [3.8, 4) is 0 Å². The summed E-state index contributed by atoms with van der Waals surface area (Å²) in [7, 11) is 2.14. The third-order valence-electron chi connectivity index (χ3n) is 4.73. The zero-order chi connectivity index (χ0) is 18.5. The molecule has 3 rings (SSSR count). The zero-order valence-corrected chi connectivity index (χ0v) is 14.9. The summed E-state index contributed by atoms with van der Waals surface area (Å²) in [6.45, 7) is 5.08. The van der Waals surface area contributed by atoms with Gasteiger partial charge >= 0.3 is 0 Å². The standard InChI is InChI=1S/C20H24N4O2/c1-23-9-11-24(12-10-23)14-15-3-2-4-18(13-15)19(25)16-5-7-17(8-6-16)20(26)22-21/h2-8,13H,9-12,14,21H2,1H3,(H,22,26). The predicted molar refractivity (Wildman–Crippen MR) is 101 cm³/mol. The molecule has 6 heteroatoms. The molecule has 0 saturated carbocycles. The number of amides is 1. The molecule has 6 nitrogen and oxygen atoms in total. The van der Waals surface area contributed by atoms with Crippen molar-refractivity contribution in [2.75, 3.05) is 33.2 Å². The van der Waals surface area contributed by atoms with E-state index in [4.69, 9.17) is 5.84 Å². The highest BCUT2D eigenvalue weighted by Gasteiger charge is 2.15. The van der Waals surface area contributed by atoms with E-state index in [0.29, 0.717) is 16.7 Å². The maximum absolute atomic E-state index is 12.7. The summed E-state index contributed by atoms with van der Waals surface area (Å²) in [6.07, 6.45) is 0. The van der Waals surface area contributed by atoms with E-state index in [1.807, 2.05) is 18.2 Å². The summed E-state index contributed by atoms with van der Waals surface area (Å²) >= 11 is 0. The molecule has 0 aliphatic carbocycles. The molecule has 1 saturated heterocycles. The van der Waals surface area contributed by atoms with Crippen LogP contribution >= 0.6 is 0 Å². The monoisotopic (exact) mass is 352 g/mol. The van der Waals surface area contributed by atoms with E-state index < -0.39 is 0 Å². The maximum Gasteiger partial charge on any atom is 0.265 e. The van der Waals surface area contributed by atoms with Gasteiger partial charge in [-0.2, -0.15) is 0 Å². The summed E-state index contributed by atoms with van der Waals surface area (Å²) in [4.78, 5) is 29.0. The number of carbonyl (C=O) groups is 2. The molecule has 2 aromatic carbocycles. The molecule has 1 aliphatic rings. The van der Waals surface area contributed by atoms with Gasteiger partial charge in [-0.3, -0.25) is 19.9 Å². The quantitative estimate of drug-likeness (QED) is 0.367. The summed E-state index contributed by atoms with van der Waals surface area (Å²) in [5.41, 5.74) is 4.85. The van der Waals surface area contributed by atoms with Crippen molar-refractivity contribution in [2.45, 2.75) is 6.54 Å².